The average Bonchev–Trinajstić information content (AvgIpc) is 3.09. The van der Waals surface area contributed by atoms with Gasteiger partial charge in [0.15, 0.2) is 0 Å². The second kappa shape index (κ2) is 7.85. The number of H-pyrrole nitrogens is 1. The molecular formula is C19H16ClF5N6OS. The molecule has 3 aromatic rings. The van der Waals surface area contributed by atoms with Gasteiger partial charge < -0.3 is 11.1 Å². The summed E-state index contributed by atoms with van der Waals surface area (Å²) in [4.78, 5) is 3.88. The first-order valence-electron chi connectivity index (χ1n) is 9.22. The molecule has 1 fully saturated rings. The van der Waals surface area contributed by atoms with Crippen LogP contribution in [-0.4, -0.2) is 48.6 Å². The highest BCUT2D eigenvalue weighted by Gasteiger charge is 2.47. The number of aromatic amines is 1. The monoisotopic (exact) mass is 506 g/mol. The Bertz CT molecular complexity index is 1300. The van der Waals surface area contributed by atoms with Gasteiger partial charge >= 0.3 is 6.18 Å². The van der Waals surface area contributed by atoms with Crippen molar-refractivity contribution >= 4 is 44.8 Å². The maximum absolute atomic E-state index is 13.9. The van der Waals surface area contributed by atoms with Crippen LogP contribution in [0.4, 0.5) is 39.5 Å². The lowest BCUT2D eigenvalue weighted by Crippen LogP contribution is -2.58. The summed E-state index contributed by atoms with van der Waals surface area (Å²) in [7, 11) is -3.20. The topological polar surface area (TPSA) is 99.9 Å². The number of alkyl halides is 5. The van der Waals surface area contributed by atoms with Gasteiger partial charge in [0.2, 0.25) is 11.9 Å². The molecule has 1 aliphatic rings. The van der Waals surface area contributed by atoms with Crippen LogP contribution in [0, 0.1) is 0 Å². The van der Waals surface area contributed by atoms with Crippen LogP contribution in [0.3, 0.4) is 0 Å². The smallest absolute Gasteiger partial charge is 0.368 e. The van der Waals surface area contributed by atoms with Crippen LogP contribution in [0.2, 0.25) is 5.02 Å². The molecule has 14 heteroatoms. The van der Waals surface area contributed by atoms with E-state index in [1.54, 1.807) is 0 Å². The molecule has 0 amide bonds. The number of anilines is 3. The van der Waals surface area contributed by atoms with Gasteiger partial charge in [-0.05, 0) is 35.7 Å². The molecule has 4 rings (SSSR count). The molecule has 33 heavy (non-hydrogen) atoms. The van der Waals surface area contributed by atoms with E-state index in [1.807, 2.05) is 0 Å². The predicted octanol–water partition coefficient (Wildman–Crippen LogP) is 4.41. The van der Waals surface area contributed by atoms with E-state index in [0.717, 1.165) is 10.4 Å². The number of benzene rings is 2. The largest absolute Gasteiger partial charge is 0.417 e. The van der Waals surface area contributed by atoms with Gasteiger partial charge in [-0.15, -0.1) is 5.10 Å². The van der Waals surface area contributed by atoms with Gasteiger partial charge in [0.25, 0.3) is 5.92 Å². The van der Waals surface area contributed by atoms with Gasteiger partial charge in [-0.2, -0.15) is 18.2 Å². The standard InChI is InChI=1S/C19H16ClF5N6OS/c1-33(32,31-8-18(21,22)9-31)12-4-2-10(3-5-12)15-13(19(23,24)25)6-11(7-14(15)20)27-17-28-16(26)29-30-17/h2-7H,1,8-9H2,(H4,26,27,28,29,30). The van der Waals surface area contributed by atoms with Crippen LogP contribution in [0.1, 0.15) is 5.56 Å². The lowest BCUT2D eigenvalue weighted by Gasteiger charge is -2.40. The maximum Gasteiger partial charge on any atom is 0.417 e. The first-order chi connectivity index (χ1) is 15.3. The van der Waals surface area contributed by atoms with E-state index in [-0.39, 0.29) is 38.6 Å². The SMILES string of the molecule is C=S(=O)(c1ccc(-c2c(Cl)cc(Nc3n[nH]c(N)n3)cc2C(F)(F)F)cc1)N1CC(F)(F)C1. The molecule has 4 N–H and O–H groups in total. The fourth-order valence-corrected chi connectivity index (χ4v) is 5.30. The van der Waals surface area contributed by atoms with Crippen molar-refractivity contribution in [3.63, 3.8) is 0 Å². The molecular weight excluding hydrogens is 491 g/mol. The molecule has 1 atom stereocenters. The highest BCUT2D eigenvalue weighted by Crippen LogP contribution is 2.43. The van der Waals surface area contributed by atoms with Crippen LogP contribution in [0.15, 0.2) is 41.3 Å². The second-order valence-electron chi connectivity index (χ2n) is 7.37. The van der Waals surface area contributed by atoms with E-state index in [4.69, 9.17) is 17.3 Å². The lowest BCUT2D eigenvalue weighted by atomic mass is 9.98. The van der Waals surface area contributed by atoms with Gasteiger partial charge in [0.05, 0.1) is 33.4 Å². The number of rotatable bonds is 5. The Kier molecular flexibility index (Phi) is 5.53. The first kappa shape index (κ1) is 23.3. The molecule has 1 aliphatic heterocycles. The fraction of sp³-hybridized carbons (Fsp3) is 0.211. The molecule has 0 bridgehead atoms. The first-order valence-corrected chi connectivity index (χ1v) is 11.3. The molecule has 0 radical (unpaired) electrons. The number of halogens is 6. The minimum absolute atomic E-state index is 0.0221. The van der Waals surface area contributed by atoms with Gasteiger partial charge in [0.1, 0.15) is 0 Å². The van der Waals surface area contributed by atoms with Gasteiger partial charge in [-0.3, -0.25) is 0 Å². The van der Waals surface area contributed by atoms with E-state index in [1.165, 1.54) is 30.3 Å². The van der Waals surface area contributed by atoms with Crippen molar-refractivity contribution in [1.29, 1.82) is 0 Å². The number of hydrogen-bond donors (Lipinski definition) is 3. The zero-order valence-corrected chi connectivity index (χ0v) is 18.2. The lowest BCUT2D eigenvalue weighted by molar-refractivity contribution is -0.137. The number of nitrogens with two attached hydrogens (primary N) is 1. The third-order valence-corrected chi connectivity index (χ3v) is 7.30. The molecule has 1 unspecified atom stereocenters. The number of aromatic nitrogens is 3. The van der Waals surface area contributed by atoms with E-state index in [9.17, 15) is 26.2 Å². The Morgan fingerprint density at radius 3 is 2.36 bits per heavy atom. The summed E-state index contributed by atoms with van der Waals surface area (Å²) in [5, 5.41) is 8.41. The van der Waals surface area contributed by atoms with E-state index in [2.05, 4.69) is 26.4 Å². The molecule has 0 spiro atoms. The van der Waals surface area contributed by atoms with Crippen molar-refractivity contribution in [3.05, 3.63) is 47.0 Å². The molecule has 0 saturated carbocycles. The third kappa shape index (κ3) is 4.61. The summed E-state index contributed by atoms with van der Waals surface area (Å²) in [6.45, 7) is -1.40. The summed E-state index contributed by atoms with van der Waals surface area (Å²) in [5.74, 6) is 0.525. The average molecular weight is 507 g/mol. The molecule has 7 nitrogen and oxygen atoms in total. The Hall–Kier alpha value is -2.90. The second-order valence-corrected chi connectivity index (χ2v) is 10.0. The van der Waals surface area contributed by atoms with E-state index >= 15 is 0 Å². The number of nitrogen functional groups attached to an aromatic ring is 1. The molecule has 2 heterocycles. The summed E-state index contributed by atoms with van der Waals surface area (Å²) >= 11 is 6.22. The van der Waals surface area contributed by atoms with Crippen LogP contribution in [-0.2, 0) is 15.9 Å². The van der Waals surface area contributed by atoms with Crippen LogP contribution in [0.5, 0.6) is 0 Å². The van der Waals surface area contributed by atoms with Crippen molar-refractivity contribution in [2.75, 3.05) is 24.1 Å². The summed E-state index contributed by atoms with van der Waals surface area (Å²) in [6, 6.07) is 7.27. The minimum atomic E-state index is -4.77. The summed E-state index contributed by atoms with van der Waals surface area (Å²) in [5.41, 5.74) is 4.14. The van der Waals surface area contributed by atoms with Crippen molar-refractivity contribution in [3.8, 4) is 11.1 Å². The number of nitrogens with one attached hydrogen (secondary N) is 2. The van der Waals surface area contributed by atoms with Gasteiger partial charge in [-0.25, -0.2) is 22.4 Å². The normalized spacial score (nSPS) is 17.9. The Morgan fingerprint density at radius 2 is 1.85 bits per heavy atom. The Balaban J connectivity index is 1.69. The van der Waals surface area contributed by atoms with E-state index in [0.29, 0.717) is 0 Å². The molecule has 2 aromatic carbocycles. The summed E-state index contributed by atoms with van der Waals surface area (Å²) in [6.07, 6.45) is -4.77. The summed E-state index contributed by atoms with van der Waals surface area (Å²) < 4.78 is 81.8. The van der Waals surface area contributed by atoms with Gasteiger partial charge in [0, 0.05) is 16.1 Å². The van der Waals surface area contributed by atoms with Crippen LogP contribution in [0.25, 0.3) is 11.1 Å². The third-order valence-electron chi connectivity index (χ3n) is 4.90. The quantitative estimate of drug-likeness (QED) is 0.351. The predicted molar refractivity (Wildman–Crippen MR) is 116 cm³/mol. The molecule has 176 valence electrons. The number of nitrogens with zero attached hydrogens (tertiary/aromatic N) is 3. The van der Waals surface area contributed by atoms with E-state index < -0.39 is 40.5 Å². The molecule has 1 saturated heterocycles. The minimum Gasteiger partial charge on any atom is -0.368 e. The molecule has 1 aromatic heterocycles. The highest BCUT2D eigenvalue weighted by atomic mass is 35.5. The maximum atomic E-state index is 13.9. The van der Waals surface area contributed by atoms with Crippen molar-refractivity contribution in [2.24, 2.45) is 0 Å². The fourth-order valence-electron chi connectivity index (χ4n) is 3.32. The van der Waals surface area contributed by atoms with Gasteiger partial charge in [-0.1, -0.05) is 23.7 Å². The zero-order valence-electron chi connectivity index (χ0n) is 16.6. The van der Waals surface area contributed by atoms with Crippen LogP contribution >= 0.6 is 11.6 Å². The van der Waals surface area contributed by atoms with Crippen molar-refractivity contribution in [1.82, 2.24) is 19.5 Å². The Labute approximate surface area is 189 Å². The Morgan fingerprint density at radius 1 is 1.21 bits per heavy atom. The highest BCUT2D eigenvalue weighted by molar-refractivity contribution is 7.98. The van der Waals surface area contributed by atoms with Crippen molar-refractivity contribution in [2.45, 2.75) is 17.0 Å². The zero-order chi connectivity index (χ0) is 24.2. The van der Waals surface area contributed by atoms with Crippen LogP contribution < -0.4 is 11.1 Å². The number of hydrogen-bond acceptors (Lipinski definition) is 5. The molecule has 0 aliphatic carbocycles. The van der Waals surface area contributed by atoms with Crippen molar-refractivity contribution < 1.29 is 26.2 Å².